The summed E-state index contributed by atoms with van der Waals surface area (Å²) in [4.78, 5) is 24.3. The van der Waals surface area contributed by atoms with E-state index in [1.165, 1.54) is 6.07 Å². The third kappa shape index (κ3) is 3.69. The van der Waals surface area contributed by atoms with Crippen molar-refractivity contribution in [3.05, 3.63) is 29.8 Å². The van der Waals surface area contributed by atoms with Crippen molar-refractivity contribution in [2.45, 2.75) is 11.3 Å². The van der Waals surface area contributed by atoms with Crippen LogP contribution in [0.3, 0.4) is 0 Å². The maximum Gasteiger partial charge on any atom is 0.303 e. The predicted molar refractivity (Wildman–Crippen MR) is 69.4 cm³/mol. The molecule has 1 aromatic carbocycles. The van der Waals surface area contributed by atoms with Gasteiger partial charge < -0.3 is 10.0 Å². The Kier molecular flexibility index (Phi) is 4.59. The number of carboxylic acid groups (broad SMARTS) is 1. The van der Waals surface area contributed by atoms with Crippen molar-refractivity contribution in [3.8, 4) is 0 Å². The molecular weight excluding hydrogens is 288 g/mol. The minimum Gasteiger partial charge on any atom is -0.481 e. The monoisotopic (exact) mass is 301 g/mol. The van der Waals surface area contributed by atoms with Crippen LogP contribution in [0.4, 0.5) is 8.78 Å². The standard InChI is InChI=1S/C13H13F2NO3S/c14-10-2-1-9(4-11(10)15)20-7-12(17)16-5-8(6-16)3-13(18)19/h1-2,4,8H,3,5-7H2,(H,18,19). The van der Waals surface area contributed by atoms with E-state index in [0.717, 1.165) is 23.9 Å². The number of carbonyl (C=O) groups is 2. The van der Waals surface area contributed by atoms with Crippen LogP contribution in [0, 0.1) is 17.6 Å². The van der Waals surface area contributed by atoms with Gasteiger partial charge in [-0.2, -0.15) is 0 Å². The largest absolute Gasteiger partial charge is 0.481 e. The molecular formula is C13H13F2NO3S. The Morgan fingerprint density at radius 2 is 2.00 bits per heavy atom. The molecule has 0 bridgehead atoms. The van der Waals surface area contributed by atoms with Gasteiger partial charge in [-0.25, -0.2) is 8.78 Å². The minimum absolute atomic E-state index is 0.0183. The summed E-state index contributed by atoms with van der Waals surface area (Å²) < 4.78 is 25.7. The Morgan fingerprint density at radius 3 is 2.60 bits per heavy atom. The van der Waals surface area contributed by atoms with E-state index in [9.17, 15) is 18.4 Å². The molecule has 1 fully saturated rings. The fourth-order valence-electron chi connectivity index (χ4n) is 1.95. The number of carbonyl (C=O) groups excluding carboxylic acids is 1. The van der Waals surface area contributed by atoms with Gasteiger partial charge in [0.1, 0.15) is 0 Å². The lowest BCUT2D eigenvalue weighted by Gasteiger charge is -2.38. The summed E-state index contributed by atoms with van der Waals surface area (Å²) >= 11 is 1.13. The molecule has 0 aromatic heterocycles. The van der Waals surface area contributed by atoms with Gasteiger partial charge in [-0.3, -0.25) is 9.59 Å². The lowest BCUT2D eigenvalue weighted by molar-refractivity contribution is -0.143. The van der Waals surface area contributed by atoms with Crippen LogP contribution in [0.1, 0.15) is 6.42 Å². The smallest absolute Gasteiger partial charge is 0.303 e. The predicted octanol–water partition coefficient (Wildman–Crippen LogP) is 1.99. The van der Waals surface area contributed by atoms with Crippen molar-refractivity contribution in [1.82, 2.24) is 4.90 Å². The number of likely N-dealkylation sites (tertiary alicyclic amines) is 1. The van der Waals surface area contributed by atoms with E-state index in [4.69, 9.17) is 5.11 Å². The highest BCUT2D eigenvalue weighted by molar-refractivity contribution is 8.00. The Hall–Kier alpha value is -1.63. The number of benzene rings is 1. The highest BCUT2D eigenvalue weighted by Gasteiger charge is 2.31. The van der Waals surface area contributed by atoms with Gasteiger partial charge in [0, 0.05) is 23.9 Å². The molecule has 0 aliphatic carbocycles. The number of hydrogen-bond acceptors (Lipinski definition) is 3. The quantitative estimate of drug-likeness (QED) is 0.845. The molecule has 2 rings (SSSR count). The van der Waals surface area contributed by atoms with Gasteiger partial charge in [0.15, 0.2) is 11.6 Å². The molecule has 1 saturated heterocycles. The molecule has 7 heteroatoms. The van der Waals surface area contributed by atoms with Crippen molar-refractivity contribution in [2.24, 2.45) is 5.92 Å². The molecule has 1 aliphatic rings. The van der Waals surface area contributed by atoms with Gasteiger partial charge in [0.05, 0.1) is 12.2 Å². The van der Waals surface area contributed by atoms with Crippen LogP contribution in [0.2, 0.25) is 0 Å². The van der Waals surface area contributed by atoms with E-state index < -0.39 is 17.6 Å². The van der Waals surface area contributed by atoms with Crippen LogP contribution >= 0.6 is 11.8 Å². The first-order valence-electron chi connectivity index (χ1n) is 6.03. The molecule has 0 spiro atoms. The maximum atomic E-state index is 13.0. The van der Waals surface area contributed by atoms with Gasteiger partial charge in [0.2, 0.25) is 5.91 Å². The number of carboxylic acids is 1. The van der Waals surface area contributed by atoms with Crippen molar-refractivity contribution in [3.63, 3.8) is 0 Å². The molecule has 20 heavy (non-hydrogen) atoms. The second-order valence-corrected chi connectivity index (χ2v) is 5.68. The zero-order valence-electron chi connectivity index (χ0n) is 10.5. The number of thioether (sulfide) groups is 1. The normalized spacial score (nSPS) is 15.0. The van der Waals surface area contributed by atoms with Crippen molar-refractivity contribution in [1.29, 1.82) is 0 Å². The second-order valence-electron chi connectivity index (χ2n) is 4.63. The van der Waals surface area contributed by atoms with Crippen LogP contribution in [-0.2, 0) is 9.59 Å². The van der Waals surface area contributed by atoms with Crippen LogP contribution < -0.4 is 0 Å². The van der Waals surface area contributed by atoms with Crippen molar-refractivity contribution < 1.29 is 23.5 Å². The number of halogens is 2. The summed E-state index contributed by atoms with van der Waals surface area (Å²) in [5.41, 5.74) is 0. The highest BCUT2D eigenvalue weighted by atomic mass is 32.2. The van der Waals surface area contributed by atoms with Gasteiger partial charge in [-0.05, 0) is 18.2 Å². The van der Waals surface area contributed by atoms with Crippen molar-refractivity contribution >= 4 is 23.6 Å². The van der Waals surface area contributed by atoms with E-state index >= 15 is 0 Å². The summed E-state index contributed by atoms with van der Waals surface area (Å²) in [6, 6.07) is 3.49. The summed E-state index contributed by atoms with van der Waals surface area (Å²) in [5.74, 6) is -2.69. The third-order valence-corrected chi connectivity index (χ3v) is 4.01. The minimum atomic E-state index is -0.937. The topological polar surface area (TPSA) is 57.6 Å². The van der Waals surface area contributed by atoms with Crippen LogP contribution in [0.15, 0.2) is 23.1 Å². The molecule has 0 unspecified atom stereocenters. The van der Waals surface area contributed by atoms with Crippen LogP contribution in [0.25, 0.3) is 0 Å². The Labute approximate surface area is 118 Å². The number of hydrogen-bond donors (Lipinski definition) is 1. The summed E-state index contributed by atoms with van der Waals surface area (Å²) in [7, 11) is 0. The van der Waals surface area contributed by atoms with E-state index in [-0.39, 0.29) is 24.0 Å². The molecule has 1 amide bonds. The van der Waals surface area contributed by atoms with Gasteiger partial charge in [-0.15, -0.1) is 11.8 Å². The molecule has 108 valence electrons. The fraction of sp³-hybridized carbons (Fsp3) is 0.385. The molecule has 0 radical (unpaired) electrons. The zero-order chi connectivity index (χ0) is 14.7. The molecule has 0 saturated carbocycles. The van der Waals surface area contributed by atoms with E-state index in [1.54, 1.807) is 4.90 Å². The first-order chi connectivity index (χ1) is 9.45. The molecule has 1 aliphatic heterocycles. The molecule has 1 N–H and O–H groups in total. The number of nitrogens with zero attached hydrogens (tertiary/aromatic N) is 1. The molecule has 1 aromatic rings. The molecule has 4 nitrogen and oxygen atoms in total. The zero-order valence-corrected chi connectivity index (χ0v) is 11.3. The molecule has 0 atom stereocenters. The Bertz CT molecular complexity index is 532. The molecule has 1 heterocycles. The summed E-state index contributed by atoms with van der Waals surface area (Å²) in [5, 5.41) is 8.60. The average Bonchev–Trinajstić information content (AvgIpc) is 2.34. The lowest BCUT2D eigenvalue weighted by Crippen LogP contribution is -2.51. The third-order valence-electron chi connectivity index (χ3n) is 3.03. The summed E-state index contributed by atoms with van der Waals surface area (Å²) in [6.07, 6.45) is 0.0695. The Morgan fingerprint density at radius 1 is 1.30 bits per heavy atom. The van der Waals surface area contributed by atoms with Crippen LogP contribution in [0.5, 0.6) is 0 Å². The number of amides is 1. The maximum absolute atomic E-state index is 13.0. The van der Waals surface area contributed by atoms with Gasteiger partial charge >= 0.3 is 5.97 Å². The van der Waals surface area contributed by atoms with E-state index in [2.05, 4.69) is 0 Å². The number of rotatable bonds is 5. The van der Waals surface area contributed by atoms with E-state index in [1.807, 2.05) is 0 Å². The highest BCUT2D eigenvalue weighted by Crippen LogP contribution is 2.24. The SMILES string of the molecule is O=C(O)CC1CN(C(=O)CSc2ccc(F)c(F)c2)C1. The van der Waals surface area contributed by atoms with E-state index in [0.29, 0.717) is 18.0 Å². The van der Waals surface area contributed by atoms with Crippen molar-refractivity contribution in [2.75, 3.05) is 18.8 Å². The first-order valence-corrected chi connectivity index (χ1v) is 7.01. The second kappa shape index (κ2) is 6.21. The lowest BCUT2D eigenvalue weighted by atomic mass is 9.96. The number of aliphatic carboxylic acids is 1. The van der Waals surface area contributed by atoms with Crippen LogP contribution in [-0.4, -0.2) is 40.7 Å². The van der Waals surface area contributed by atoms with Gasteiger partial charge in [-0.1, -0.05) is 0 Å². The summed E-state index contributed by atoms with van der Waals surface area (Å²) in [6.45, 7) is 0.896. The Balaban J connectivity index is 1.76. The fourth-order valence-corrected chi connectivity index (χ4v) is 2.78. The first kappa shape index (κ1) is 14.8. The van der Waals surface area contributed by atoms with Gasteiger partial charge in [0.25, 0.3) is 0 Å². The average molecular weight is 301 g/mol.